The van der Waals surface area contributed by atoms with Gasteiger partial charge in [-0.3, -0.25) is 10.1 Å². The number of carbonyl (C=O) groups is 1. The molecule has 116 valence electrons. The van der Waals surface area contributed by atoms with Crippen LogP contribution in [0, 0.1) is 0 Å². The van der Waals surface area contributed by atoms with Crippen LogP contribution in [0.5, 0.6) is 5.75 Å². The third kappa shape index (κ3) is 4.21. The zero-order valence-electron chi connectivity index (χ0n) is 13.1. The van der Waals surface area contributed by atoms with E-state index in [1.807, 2.05) is 36.1 Å². The lowest BCUT2D eigenvalue weighted by Gasteiger charge is -2.24. The number of nitrogens with zero attached hydrogens (tertiary/aromatic N) is 1. The average Bonchev–Trinajstić information content (AvgIpc) is 2.86. The maximum atomic E-state index is 12.0. The maximum Gasteiger partial charge on any atom is 0.238 e. The summed E-state index contributed by atoms with van der Waals surface area (Å²) in [4.78, 5) is 14.0. The van der Waals surface area contributed by atoms with Gasteiger partial charge in [-0.15, -0.1) is 0 Å². The van der Waals surface area contributed by atoms with Crippen LogP contribution in [-0.4, -0.2) is 30.5 Å². The monoisotopic (exact) mass is 290 g/mol. The number of benzene rings is 1. The third-order valence-corrected chi connectivity index (χ3v) is 3.84. The highest BCUT2D eigenvalue weighted by molar-refractivity contribution is 5.80. The molecule has 1 aliphatic heterocycles. The molecular weight excluding hydrogens is 264 g/mol. The van der Waals surface area contributed by atoms with Crippen molar-refractivity contribution in [1.82, 2.24) is 10.2 Å². The van der Waals surface area contributed by atoms with Crippen molar-refractivity contribution in [2.75, 3.05) is 19.7 Å². The molecule has 0 bridgehead atoms. The fourth-order valence-electron chi connectivity index (χ4n) is 2.71. The van der Waals surface area contributed by atoms with Gasteiger partial charge in [0.05, 0.1) is 13.2 Å². The van der Waals surface area contributed by atoms with Crippen LogP contribution in [0.2, 0.25) is 0 Å². The number of ether oxygens (including phenoxy) is 1. The van der Waals surface area contributed by atoms with Crippen LogP contribution in [0.3, 0.4) is 0 Å². The van der Waals surface area contributed by atoms with Gasteiger partial charge in [-0.2, -0.15) is 0 Å². The molecule has 1 heterocycles. The topological polar surface area (TPSA) is 41.6 Å². The molecule has 4 nitrogen and oxygen atoms in total. The lowest BCUT2D eigenvalue weighted by Crippen LogP contribution is -2.31. The van der Waals surface area contributed by atoms with Crippen LogP contribution in [0.15, 0.2) is 24.3 Å². The fraction of sp³-hybridized carbons (Fsp3) is 0.588. The number of hydrogen-bond donors (Lipinski definition) is 1. The minimum atomic E-state index is 0.00908. The van der Waals surface area contributed by atoms with E-state index in [0.717, 1.165) is 24.3 Å². The van der Waals surface area contributed by atoms with E-state index in [1.54, 1.807) is 0 Å². The first-order valence-electron chi connectivity index (χ1n) is 8.01. The predicted molar refractivity (Wildman–Crippen MR) is 84.2 cm³/mol. The highest BCUT2D eigenvalue weighted by Crippen LogP contribution is 2.25. The van der Waals surface area contributed by atoms with Crippen molar-refractivity contribution < 1.29 is 9.53 Å². The number of carbonyl (C=O) groups excluding carboxylic acids is 1. The molecule has 0 radical (unpaired) electrons. The zero-order chi connectivity index (χ0) is 15.1. The molecule has 1 aliphatic rings. The molecule has 1 unspecified atom stereocenters. The second-order valence-electron chi connectivity index (χ2n) is 5.43. The van der Waals surface area contributed by atoms with Crippen molar-refractivity contribution in [2.45, 2.75) is 45.7 Å². The van der Waals surface area contributed by atoms with Gasteiger partial charge >= 0.3 is 0 Å². The molecular formula is C17H26N2O2. The van der Waals surface area contributed by atoms with E-state index in [2.05, 4.69) is 12.2 Å². The number of rotatable bonds is 8. The second-order valence-corrected chi connectivity index (χ2v) is 5.43. The van der Waals surface area contributed by atoms with Crippen LogP contribution >= 0.6 is 0 Å². The van der Waals surface area contributed by atoms with Gasteiger partial charge in [-0.05, 0) is 31.0 Å². The maximum absolute atomic E-state index is 12.0. The first-order valence-corrected chi connectivity index (χ1v) is 8.01. The molecule has 0 aliphatic carbocycles. The Bertz CT molecular complexity index is 445. The van der Waals surface area contributed by atoms with Crippen LogP contribution in [0.25, 0.3) is 0 Å². The second kappa shape index (κ2) is 8.03. The van der Waals surface area contributed by atoms with Gasteiger partial charge in [0.25, 0.3) is 0 Å². The van der Waals surface area contributed by atoms with Crippen molar-refractivity contribution in [1.29, 1.82) is 0 Å². The Morgan fingerprint density at radius 2 is 1.95 bits per heavy atom. The summed E-state index contributed by atoms with van der Waals surface area (Å²) in [5, 5.41) is 3.30. The first-order chi connectivity index (χ1) is 10.3. The lowest BCUT2D eigenvalue weighted by atomic mass is 10.1. The van der Waals surface area contributed by atoms with Crippen molar-refractivity contribution in [3.8, 4) is 5.75 Å². The third-order valence-electron chi connectivity index (χ3n) is 3.84. The number of amides is 1. The van der Waals surface area contributed by atoms with Gasteiger partial charge in [-0.25, -0.2) is 0 Å². The molecule has 1 N–H and O–H groups in total. The van der Waals surface area contributed by atoms with Crippen LogP contribution < -0.4 is 10.1 Å². The van der Waals surface area contributed by atoms with E-state index in [0.29, 0.717) is 13.2 Å². The highest BCUT2D eigenvalue weighted by Gasteiger charge is 2.30. The van der Waals surface area contributed by atoms with Gasteiger partial charge in [0.1, 0.15) is 11.9 Å². The largest absolute Gasteiger partial charge is 0.494 e. The molecule has 1 fully saturated rings. The van der Waals surface area contributed by atoms with Crippen LogP contribution in [0.1, 0.15) is 51.3 Å². The summed E-state index contributed by atoms with van der Waals surface area (Å²) in [5.74, 6) is 1.07. The van der Waals surface area contributed by atoms with E-state index in [9.17, 15) is 4.79 Å². The molecule has 4 heteroatoms. The number of unbranched alkanes of at least 4 members (excludes halogenated alkanes) is 3. The molecule has 0 spiro atoms. The van der Waals surface area contributed by atoms with Crippen LogP contribution in [0.4, 0.5) is 0 Å². The van der Waals surface area contributed by atoms with Crippen LogP contribution in [-0.2, 0) is 4.79 Å². The Kier molecular flexibility index (Phi) is 6.05. The van der Waals surface area contributed by atoms with E-state index in [4.69, 9.17) is 4.74 Å². The number of hydrogen-bond acceptors (Lipinski definition) is 3. The lowest BCUT2D eigenvalue weighted by molar-refractivity contribution is -0.128. The Morgan fingerprint density at radius 3 is 2.62 bits per heavy atom. The fourth-order valence-corrected chi connectivity index (χ4v) is 2.71. The summed E-state index contributed by atoms with van der Waals surface area (Å²) in [6, 6.07) is 8.03. The SMILES string of the molecule is CCCCCCN1C(=O)CNC1c1ccc(OCC)cc1. The summed E-state index contributed by atoms with van der Waals surface area (Å²) < 4.78 is 5.46. The summed E-state index contributed by atoms with van der Waals surface area (Å²) in [6.45, 7) is 6.12. The molecule has 2 rings (SSSR count). The highest BCUT2D eigenvalue weighted by atomic mass is 16.5. The predicted octanol–water partition coefficient (Wildman–Crippen LogP) is 3.10. The summed E-state index contributed by atoms with van der Waals surface area (Å²) in [5.41, 5.74) is 1.12. The smallest absolute Gasteiger partial charge is 0.238 e. The quantitative estimate of drug-likeness (QED) is 0.748. The molecule has 1 amide bonds. The zero-order valence-corrected chi connectivity index (χ0v) is 13.1. The van der Waals surface area contributed by atoms with Gasteiger partial charge < -0.3 is 9.64 Å². The van der Waals surface area contributed by atoms with Crippen molar-refractivity contribution in [2.24, 2.45) is 0 Å². The van der Waals surface area contributed by atoms with Crippen molar-refractivity contribution in [3.05, 3.63) is 29.8 Å². The van der Waals surface area contributed by atoms with Crippen molar-refractivity contribution in [3.63, 3.8) is 0 Å². The van der Waals surface area contributed by atoms with E-state index < -0.39 is 0 Å². The standard InChI is InChI=1S/C17H26N2O2/c1-3-5-6-7-12-19-16(20)13-18-17(19)14-8-10-15(11-9-14)21-4-2/h8-11,17-18H,3-7,12-13H2,1-2H3. The average molecular weight is 290 g/mol. The summed E-state index contributed by atoms with van der Waals surface area (Å²) >= 11 is 0. The molecule has 1 saturated heterocycles. The number of nitrogens with one attached hydrogen (secondary N) is 1. The van der Waals surface area contributed by atoms with Gasteiger partial charge in [0.2, 0.25) is 5.91 Å². The van der Waals surface area contributed by atoms with E-state index >= 15 is 0 Å². The molecule has 1 aromatic carbocycles. The minimum Gasteiger partial charge on any atom is -0.494 e. The Balaban J connectivity index is 1.97. The van der Waals surface area contributed by atoms with E-state index in [-0.39, 0.29) is 12.1 Å². The minimum absolute atomic E-state index is 0.00908. The Hall–Kier alpha value is -1.55. The van der Waals surface area contributed by atoms with Gasteiger partial charge in [0.15, 0.2) is 0 Å². The van der Waals surface area contributed by atoms with Gasteiger partial charge in [0, 0.05) is 6.54 Å². The summed E-state index contributed by atoms with van der Waals surface area (Å²) in [7, 11) is 0. The molecule has 1 aromatic rings. The molecule has 0 saturated carbocycles. The molecule has 1 atom stereocenters. The molecule has 0 aromatic heterocycles. The summed E-state index contributed by atoms with van der Waals surface area (Å²) in [6.07, 6.45) is 4.73. The van der Waals surface area contributed by atoms with Crippen molar-refractivity contribution >= 4 is 5.91 Å². The first kappa shape index (κ1) is 15.8. The normalized spacial score (nSPS) is 18.3. The Morgan fingerprint density at radius 1 is 1.19 bits per heavy atom. The molecule has 21 heavy (non-hydrogen) atoms. The van der Waals surface area contributed by atoms with E-state index in [1.165, 1.54) is 19.3 Å². The van der Waals surface area contributed by atoms with Gasteiger partial charge in [-0.1, -0.05) is 38.3 Å². The Labute approximate surface area is 127 Å².